The van der Waals surface area contributed by atoms with Crippen LogP contribution in [-0.2, 0) is 6.54 Å². The van der Waals surface area contributed by atoms with Crippen molar-refractivity contribution in [2.75, 3.05) is 26.2 Å². The fourth-order valence-electron chi connectivity index (χ4n) is 3.08. The third-order valence-corrected chi connectivity index (χ3v) is 5.36. The normalized spacial score (nSPS) is 15.2. The second-order valence-electron chi connectivity index (χ2n) is 6.28. The Morgan fingerprint density at radius 2 is 1.77 bits per heavy atom. The maximum atomic E-state index is 12.5. The summed E-state index contributed by atoms with van der Waals surface area (Å²) in [6, 6.07) is 15.7. The minimum atomic E-state index is 0.0193. The summed E-state index contributed by atoms with van der Waals surface area (Å²) in [5.41, 5.74) is 2.71. The summed E-state index contributed by atoms with van der Waals surface area (Å²) in [6.45, 7) is 4.01. The molecular weight excluding hydrogens is 344 g/mol. The predicted molar refractivity (Wildman–Crippen MR) is 103 cm³/mol. The number of aromatic nitrogens is 2. The van der Waals surface area contributed by atoms with Gasteiger partial charge in [0.1, 0.15) is 10.7 Å². The van der Waals surface area contributed by atoms with Gasteiger partial charge in [-0.3, -0.25) is 14.7 Å². The topological polar surface area (TPSA) is 49.3 Å². The van der Waals surface area contributed by atoms with Gasteiger partial charge in [0.2, 0.25) is 0 Å². The molecule has 1 amide bonds. The van der Waals surface area contributed by atoms with Crippen molar-refractivity contribution in [2.45, 2.75) is 6.54 Å². The first-order valence-corrected chi connectivity index (χ1v) is 9.60. The van der Waals surface area contributed by atoms with Crippen molar-refractivity contribution >= 4 is 17.2 Å². The van der Waals surface area contributed by atoms with E-state index < -0.39 is 0 Å². The van der Waals surface area contributed by atoms with Crippen LogP contribution < -0.4 is 0 Å². The Bertz CT molecular complexity index is 858. The van der Waals surface area contributed by atoms with E-state index in [1.54, 1.807) is 23.6 Å². The van der Waals surface area contributed by atoms with E-state index in [-0.39, 0.29) is 5.91 Å². The molecule has 1 aliphatic heterocycles. The molecule has 6 heteroatoms. The molecule has 1 saturated heterocycles. The number of nitrogens with zero attached hydrogens (tertiary/aromatic N) is 4. The standard InChI is InChI=1S/C20H20N4OS/c25-20(17-8-4-5-9-21-17)24-12-10-23(11-13-24)14-19-22-18(15-26-19)16-6-2-1-3-7-16/h1-9,15H,10-14H2. The molecule has 0 saturated carbocycles. The second kappa shape index (κ2) is 7.76. The number of pyridine rings is 1. The molecule has 0 unspecified atom stereocenters. The van der Waals surface area contributed by atoms with Crippen LogP contribution in [0.4, 0.5) is 0 Å². The van der Waals surface area contributed by atoms with E-state index in [1.165, 1.54) is 0 Å². The summed E-state index contributed by atoms with van der Waals surface area (Å²) < 4.78 is 0. The highest BCUT2D eigenvalue weighted by molar-refractivity contribution is 7.09. The first-order valence-electron chi connectivity index (χ1n) is 8.72. The molecule has 0 atom stereocenters. The predicted octanol–water partition coefficient (Wildman–Crippen LogP) is 3.16. The molecule has 1 aromatic carbocycles. The van der Waals surface area contributed by atoms with Crippen LogP contribution in [0.15, 0.2) is 60.1 Å². The van der Waals surface area contributed by atoms with Gasteiger partial charge in [0, 0.05) is 43.3 Å². The van der Waals surface area contributed by atoms with Gasteiger partial charge in [0.15, 0.2) is 0 Å². The molecule has 3 aromatic rings. The summed E-state index contributed by atoms with van der Waals surface area (Å²) in [7, 11) is 0. The fourth-order valence-corrected chi connectivity index (χ4v) is 3.92. The second-order valence-corrected chi connectivity index (χ2v) is 7.22. The minimum Gasteiger partial charge on any atom is -0.335 e. The average molecular weight is 364 g/mol. The zero-order valence-corrected chi connectivity index (χ0v) is 15.2. The number of carbonyl (C=O) groups is 1. The number of piperazine rings is 1. The zero-order chi connectivity index (χ0) is 17.8. The Morgan fingerprint density at radius 1 is 1.00 bits per heavy atom. The van der Waals surface area contributed by atoms with Gasteiger partial charge in [0.05, 0.1) is 12.2 Å². The zero-order valence-electron chi connectivity index (χ0n) is 14.4. The number of benzene rings is 1. The van der Waals surface area contributed by atoms with E-state index in [0.29, 0.717) is 5.69 Å². The Morgan fingerprint density at radius 3 is 2.50 bits per heavy atom. The van der Waals surface area contributed by atoms with E-state index in [2.05, 4.69) is 27.4 Å². The number of amides is 1. The molecule has 0 radical (unpaired) electrons. The van der Waals surface area contributed by atoms with Crippen LogP contribution in [0, 0.1) is 0 Å². The third-order valence-electron chi connectivity index (χ3n) is 4.52. The van der Waals surface area contributed by atoms with Gasteiger partial charge in [-0.25, -0.2) is 4.98 Å². The summed E-state index contributed by atoms with van der Waals surface area (Å²) in [5.74, 6) is 0.0193. The number of hydrogen-bond donors (Lipinski definition) is 0. The van der Waals surface area contributed by atoms with E-state index in [0.717, 1.165) is 49.0 Å². The maximum Gasteiger partial charge on any atom is 0.272 e. The van der Waals surface area contributed by atoms with Crippen molar-refractivity contribution in [3.05, 3.63) is 70.8 Å². The molecule has 4 rings (SSSR count). The Kier molecular flexibility index (Phi) is 5.04. The van der Waals surface area contributed by atoms with E-state index >= 15 is 0 Å². The van der Waals surface area contributed by atoms with Crippen molar-refractivity contribution in [2.24, 2.45) is 0 Å². The lowest BCUT2D eigenvalue weighted by molar-refractivity contribution is 0.0622. The smallest absolute Gasteiger partial charge is 0.272 e. The van der Waals surface area contributed by atoms with E-state index in [4.69, 9.17) is 4.98 Å². The van der Waals surface area contributed by atoms with Crippen molar-refractivity contribution in [1.29, 1.82) is 0 Å². The Balaban J connectivity index is 1.33. The van der Waals surface area contributed by atoms with Crippen molar-refractivity contribution in [3.8, 4) is 11.3 Å². The van der Waals surface area contributed by atoms with Crippen LogP contribution >= 0.6 is 11.3 Å². The van der Waals surface area contributed by atoms with Crippen LogP contribution in [0.3, 0.4) is 0 Å². The monoisotopic (exact) mass is 364 g/mol. The van der Waals surface area contributed by atoms with Gasteiger partial charge in [-0.05, 0) is 12.1 Å². The lowest BCUT2D eigenvalue weighted by Gasteiger charge is -2.34. The summed E-state index contributed by atoms with van der Waals surface area (Å²) in [6.07, 6.45) is 1.66. The van der Waals surface area contributed by atoms with Crippen LogP contribution in [0.1, 0.15) is 15.5 Å². The fraction of sp³-hybridized carbons (Fsp3) is 0.250. The molecule has 1 aliphatic rings. The van der Waals surface area contributed by atoms with Gasteiger partial charge in [-0.15, -0.1) is 11.3 Å². The van der Waals surface area contributed by atoms with Crippen molar-refractivity contribution in [1.82, 2.24) is 19.8 Å². The molecular formula is C20H20N4OS. The Labute approximate surface area is 156 Å². The average Bonchev–Trinajstić information content (AvgIpc) is 3.18. The number of carbonyl (C=O) groups excluding carboxylic acids is 1. The third kappa shape index (κ3) is 3.81. The highest BCUT2D eigenvalue weighted by atomic mass is 32.1. The molecule has 0 aliphatic carbocycles. The lowest BCUT2D eigenvalue weighted by atomic mass is 10.2. The first-order chi connectivity index (χ1) is 12.8. The van der Waals surface area contributed by atoms with E-state index in [9.17, 15) is 4.79 Å². The highest BCUT2D eigenvalue weighted by Crippen LogP contribution is 2.22. The molecule has 0 bridgehead atoms. The van der Waals surface area contributed by atoms with Crippen LogP contribution in [0.25, 0.3) is 11.3 Å². The van der Waals surface area contributed by atoms with Crippen LogP contribution in [0.2, 0.25) is 0 Å². The molecule has 1 fully saturated rings. The van der Waals surface area contributed by atoms with Gasteiger partial charge in [-0.2, -0.15) is 0 Å². The maximum absolute atomic E-state index is 12.5. The summed E-state index contributed by atoms with van der Waals surface area (Å²) in [4.78, 5) is 25.6. The van der Waals surface area contributed by atoms with Gasteiger partial charge in [-0.1, -0.05) is 36.4 Å². The largest absolute Gasteiger partial charge is 0.335 e. The minimum absolute atomic E-state index is 0.0193. The molecule has 2 aromatic heterocycles. The van der Waals surface area contributed by atoms with Crippen LogP contribution in [-0.4, -0.2) is 51.9 Å². The molecule has 132 valence electrons. The number of rotatable bonds is 4. The van der Waals surface area contributed by atoms with Gasteiger partial charge >= 0.3 is 0 Å². The highest BCUT2D eigenvalue weighted by Gasteiger charge is 2.23. The molecule has 3 heterocycles. The molecule has 5 nitrogen and oxygen atoms in total. The lowest BCUT2D eigenvalue weighted by Crippen LogP contribution is -2.48. The molecule has 0 spiro atoms. The molecule has 26 heavy (non-hydrogen) atoms. The summed E-state index contributed by atoms with van der Waals surface area (Å²) >= 11 is 1.70. The van der Waals surface area contributed by atoms with Crippen molar-refractivity contribution < 1.29 is 4.79 Å². The number of hydrogen-bond acceptors (Lipinski definition) is 5. The SMILES string of the molecule is O=C(c1ccccn1)N1CCN(Cc2nc(-c3ccccc3)cs2)CC1. The van der Waals surface area contributed by atoms with Gasteiger partial charge in [0.25, 0.3) is 5.91 Å². The summed E-state index contributed by atoms with van der Waals surface area (Å²) in [5, 5.41) is 3.24. The van der Waals surface area contributed by atoms with Gasteiger partial charge < -0.3 is 4.90 Å². The van der Waals surface area contributed by atoms with Crippen molar-refractivity contribution in [3.63, 3.8) is 0 Å². The quantitative estimate of drug-likeness (QED) is 0.714. The molecule has 0 N–H and O–H groups in total. The number of thiazole rings is 1. The first kappa shape index (κ1) is 16.9. The Hall–Kier alpha value is -2.57. The van der Waals surface area contributed by atoms with Crippen LogP contribution in [0.5, 0.6) is 0 Å². The van der Waals surface area contributed by atoms with E-state index in [1.807, 2.05) is 35.2 Å².